The average Bonchev–Trinajstić information content (AvgIpc) is 2.15. The first-order valence-corrected chi connectivity index (χ1v) is 5.27. The zero-order chi connectivity index (χ0) is 12.5. The SMILES string of the molecule is CCC(C)(C(=O)O)n1c(C)cc(=O)cc1C. The van der Waals surface area contributed by atoms with Gasteiger partial charge in [0.05, 0.1) is 0 Å². The second-order valence-corrected chi connectivity index (χ2v) is 4.24. The van der Waals surface area contributed by atoms with Crippen LogP contribution in [0.4, 0.5) is 0 Å². The van der Waals surface area contributed by atoms with Crippen molar-refractivity contribution in [3.8, 4) is 0 Å². The molecule has 0 saturated carbocycles. The lowest BCUT2D eigenvalue weighted by Crippen LogP contribution is -2.41. The number of carbonyl (C=O) groups is 1. The first kappa shape index (κ1) is 12.5. The number of carboxylic acid groups (broad SMARTS) is 1. The molecule has 0 aliphatic rings. The molecule has 0 amide bonds. The van der Waals surface area contributed by atoms with E-state index in [0.717, 1.165) is 0 Å². The molecule has 1 unspecified atom stereocenters. The van der Waals surface area contributed by atoms with Gasteiger partial charge in [-0.3, -0.25) is 4.79 Å². The molecule has 1 aromatic heterocycles. The fraction of sp³-hybridized carbons (Fsp3) is 0.500. The summed E-state index contributed by atoms with van der Waals surface area (Å²) >= 11 is 0. The Morgan fingerprint density at radius 2 is 1.81 bits per heavy atom. The number of hydrogen-bond donors (Lipinski definition) is 1. The standard InChI is InChI=1S/C12H17NO3/c1-5-12(4,11(15)16)13-8(2)6-10(14)7-9(13)3/h6-7H,5H2,1-4H3,(H,15,16). The average molecular weight is 223 g/mol. The Morgan fingerprint density at radius 1 is 1.38 bits per heavy atom. The highest BCUT2D eigenvalue weighted by atomic mass is 16.4. The van der Waals surface area contributed by atoms with Crippen LogP contribution in [-0.4, -0.2) is 15.6 Å². The van der Waals surface area contributed by atoms with Gasteiger partial charge in [-0.1, -0.05) is 6.92 Å². The summed E-state index contributed by atoms with van der Waals surface area (Å²) in [7, 11) is 0. The summed E-state index contributed by atoms with van der Waals surface area (Å²) in [5, 5.41) is 9.31. The van der Waals surface area contributed by atoms with Crippen LogP contribution in [0.25, 0.3) is 0 Å². The van der Waals surface area contributed by atoms with E-state index in [1.54, 1.807) is 25.3 Å². The number of aryl methyl sites for hydroxylation is 2. The molecule has 4 nitrogen and oxygen atoms in total. The van der Waals surface area contributed by atoms with Gasteiger partial charge in [0.2, 0.25) is 0 Å². The second kappa shape index (κ2) is 4.12. The third-order valence-corrected chi connectivity index (χ3v) is 3.05. The molecule has 1 atom stereocenters. The molecule has 0 saturated heterocycles. The third kappa shape index (κ3) is 1.87. The van der Waals surface area contributed by atoms with Crippen LogP contribution in [0.15, 0.2) is 16.9 Å². The van der Waals surface area contributed by atoms with Gasteiger partial charge in [-0.25, -0.2) is 4.79 Å². The van der Waals surface area contributed by atoms with Crippen LogP contribution in [0.3, 0.4) is 0 Å². The van der Waals surface area contributed by atoms with Crippen molar-refractivity contribution in [2.24, 2.45) is 0 Å². The molecular weight excluding hydrogens is 206 g/mol. The quantitative estimate of drug-likeness (QED) is 0.848. The third-order valence-electron chi connectivity index (χ3n) is 3.05. The van der Waals surface area contributed by atoms with Crippen LogP contribution in [0, 0.1) is 13.8 Å². The van der Waals surface area contributed by atoms with Gasteiger partial charge in [0.25, 0.3) is 0 Å². The van der Waals surface area contributed by atoms with Gasteiger partial charge in [-0.05, 0) is 27.2 Å². The molecule has 88 valence electrons. The van der Waals surface area contributed by atoms with E-state index < -0.39 is 11.5 Å². The number of aromatic nitrogens is 1. The lowest BCUT2D eigenvalue weighted by molar-refractivity contribution is -0.147. The number of hydrogen-bond acceptors (Lipinski definition) is 2. The maximum absolute atomic E-state index is 11.3. The van der Waals surface area contributed by atoms with E-state index in [2.05, 4.69) is 0 Å². The fourth-order valence-corrected chi connectivity index (χ4v) is 2.04. The Balaban J connectivity index is 3.54. The summed E-state index contributed by atoms with van der Waals surface area (Å²) in [5.74, 6) is -0.884. The molecular formula is C12H17NO3. The molecule has 0 spiro atoms. The molecule has 1 heterocycles. The molecule has 0 aliphatic carbocycles. The monoisotopic (exact) mass is 223 g/mol. The first-order valence-electron chi connectivity index (χ1n) is 5.27. The van der Waals surface area contributed by atoms with Crippen molar-refractivity contribution >= 4 is 5.97 Å². The van der Waals surface area contributed by atoms with E-state index in [1.165, 1.54) is 12.1 Å². The smallest absolute Gasteiger partial charge is 0.329 e. The zero-order valence-corrected chi connectivity index (χ0v) is 10.1. The highest BCUT2D eigenvalue weighted by Crippen LogP contribution is 2.23. The summed E-state index contributed by atoms with van der Waals surface area (Å²) in [6, 6.07) is 2.92. The van der Waals surface area contributed by atoms with Gasteiger partial charge in [0.1, 0.15) is 5.54 Å². The van der Waals surface area contributed by atoms with Crippen LogP contribution < -0.4 is 5.43 Å². The Hall–Kier alpha value is -1.58. The molecule has 16 heavy (non-hydrogen) atoms. The Bertz CT molecular complexity index is 449. The minimum absolute atomic E-state index is 0.0879. The Labute approximate surface area is 94.5 Å². The lowest BCUT2D eigenvalue weighted by Gasteiger charge is -2.31. The van der Waals surface area contributed by atoms with Crippen molar-refractivity contribution in [3.05, 3.63) is 33.7 Å². The summed E-state index contributed by atoms with van der Waals surface area (Å²) in [5.41, 5.74) is 0.269. The topological polar surface area (TPSA) is 59.3 Å². The van der Waals surface area contributed by atoms with Gasteiger partial charge in [-0.15, -0.1) is 0 Å². The summed E-state index contributed by atoms with van der Waals surface area (Å²) in [4.78, 5) is 22.6. The lowest BCUT2D eigenvalue weighted by atomic mass is 9.97. The van der Waals surface area contributed by atoms with E-state index in [-0.39, 0.29) is 5.43 Å². The molecule has 1 rings (SSSR count). The first-order chi connectivity index (χ1) is 7.32. The van der Waals surface area contributed by atoms with Gasteiger partial charge in [0, 0.05) is 23.5 Å². The van der Waals surface area contributed by atoms with Crippen molar-refractivity contribution in [1.82, 2.24) is 4.57 Å². The minimum Gasteiger partial charge on any atom is -0.479 e. The number of nitrogens with zero attached hydrogens (tertiary/aromatic N) is 1. The number of aliphatic carboxylic acids is 1. The molecule has 1 aromatic rings. The zero-order valence-electron chi connectivity index (χ0n) is 10.1. The van der Waals surface area contributed by atoms with Gasteiger partial charge >= 0.3 is 5.97 Å². The number of carboxylic acids is 1. The highest BCUT2D eigenvalue weighted by molar-refractivity contribution is 5.76. The highest BCUT2D eigenvalue weighted by Gasteiger charge is 2.34. The second-order valence-electron chi connectivity index (χ2n) is 4.24. The summed E-state index contributed by atoms with van der Waals surface area (Å²) in [6.07, 6.45) is 0.465. The molecule has 4 heteroatoms. The molecule has 0 aliphatic heterocycles. The van der Waals surface area contributed by atoms with Crippen molar-refractivity contribution in [2.45, 2.75) is 39.7 Å². The van der Waals surface area contributed by atoms with Gasteiger partial charge < -0.3 is 9.67 Å². The largest absolute Gasteiger partial charge is 0.479 e. The maximum atomic E-state index is 11.3. The minimum atomic E-state index is -0.998. The predicted octanol–water partition coefficient (Wildman–Crippen LogP) is 1.67. The predicted molar refractivity (Wildman–Crippen MR) is 61.8 cm³/mol. The molecule has 1 N–H and O–H groups in total. The van der Waals surface area contributed by atoms with Crippen LogP contribution in [0.1, 0.15) is 31.7 Å². The van der Waals surface area contributed by atoms with Crippen molar-refractivity contribution in [1.29, 1.82) is 0 Å². The van der Waals surface area contributed by atoms with Crippen LogP contribution in [0.2, 0.25) is 0 Å². The normalized spacial score (nSPS) is 14.5. The van der Waals surface area contributed by atoms with Crippen LogP contribution in [0.5, 0.6) is 0 Å². The molecule has 0 bridgehead atoms. The van der Waals surface area contributed by atoms with Crippen LogP contribution >= 0.6 is 0 Å². The summed E-state index contributed by atoms with van der Waals surface area (Å²) < 4.78 is 1.71. The Morgan fingerprint density at radius 3 is 2.12 bits per heavy atom. The van der Waals surface area contributed by atoms with Gasteiger partial charge in [-0.2, -0.15) is 0 Å². The van der Waals surface area contributed by atoms with Crippen molar-refractivity contribution in [3.63, 3.8) is 0 Å². The van der Waals surface area contributed by atoms with E-state index in [1.807, 2.05) is 6.92 Å². The van der Waals surface area contributed by atoms with Gasteiger partial charge in [0.15, 0.2) is 5.43 Å². The maximum Gasteiger partial charge on any atom is 0.329 e. The van der Waals surface area contributed by atoms with E-state index in [9.17, 15) is 14.7 Å². The van der Waals surface area contributed by atoms with E-state index >= 15 is 0 Å². The fourth-order valence-electron chi connectivity index (χ4n) is 2.04. The van der Waals surface area contributed by atoms with Crippen molar-refractivity contribution in [2.75, 3.05) is 0 Å². The van der Waals surface area contributed by atoms with Crippen LogP contribution in [-0.2, 0) is 10.3 Å². The van der Waals surface area contributed by atoms with E-state index in [0.29, 0.717) is 17.8 Å². The molecule has 0 aromatic carbocycles. The Kier molecular flexibility index (Phi) is 3.21. The number of rotatable bonds is 3. The van der Waals surface area contributed by atoms with E-state index in [4.69, 9.17) is 0 Å². The molecule has 0 fully saturated rings. The van der Waals surface area contributed by atoms with Crippen molar-refractivity contribution < 1.29 is 9.90 Å². The molecule has 0 radical (unpaired) electrons. The number of pyridine rings is 1. The summed E-state index contributed by atoms with van der Waals surface area (Å²) in [6.45, 7) is 7.00.